The Morgan fingerprint density at radius 3 is 2.74 bits per heavy atom. The number of carbonyl (C=O) groups is 2. The Morgan fingerprint density at radius 2 is 2.26 bits per heavy atom. The van der Waals surface area contributed by atoms with Crippen molar-refractivity contribution in [1.82, 2.24) is 10.2 Å². The van der Waals surface area contributed by atoms with Gasteiger partial charge in [-0.15, -0.1) is 0 Å². The second-order valence-corrected chi connectivity index (χ2v) is 5.47. The van der Waals surface area contributed by atoms with Crippen molar-refractivity contribution in [3.8, 4) is 0 Å². The average molecular weight is 270 g/mol. The summed E-state index contributed by atoms with van der Waals surface area (Å²) in [6.45, 7) is 3.83. The van der Waals surface area contributed by atoms with Crippen LogP contribution in [0.4, 0.5) is 0 Å². The molecular formula is C13H22N2O4. The minimum absolute atomic E-state index is 0.0352. The smallest absolute Gasteiger partial charge is 0.326 e. The molecule has 3 atom stereocenters. The molecular weight excluding hydrogens is 248 g/mol. The van der Waals surface area contributed by atoms with Crippen LogP contribution in [-0.4, -0.2) is 60.8 Å². The first-order valence-corrected chi connectivity index (χ1v) is 6.81. The van der Waals surface area contributed by atoms with Crippen molar-refractivity contribution < 1.29 is 19.4 Å². The minimum atomic E-state index is -0.940. The molecule has 6 nitrogen and oxygen atoms in total. The van der Waals surface area contributed by atoms with E-state index in [0.29, 0.717) is 19.5 Å². The Kier molecular flexibility index (Phi) is 4.10. The van der Waals surface area contributed by atoms with E-state index >= 15 is 0 Å². The number of hydrogen-bond acceptors (Lipinski definition) is 4. The molecule has 2 saturated heterocycles. The number of carbonyl (C=O) groups excluding carboxylic acids is 1. The molecule has 2 N–H and O–H groups in total. The van der Waals surface area contributed by atoms with E-state index in [1.807, 2.05) is 6.92 Å². The number of ether oxygens (including phenoxy) is 1. The number of amides is 1. The summed E-state index contributed by atoms with van der Waals surface area (Å²) < 4.78 is 5.23. The molecule has 1 amide bonds. The zero-order chi connectivity index (χ0) is 14.0. The number of likely N-dealkylation sites (tertiary alicyclic amines) is 1. The van der Waals surface area contributed by atoms with Gasteiger partial charge in [-0.25, -0.2) is 4.79 Å². The highest BCUT2D eigenvalue weighted by Gasteiger charge is 2.48. The third-order valence-electron chi connectivity index (χ3n) is 4.52. The van der Waals surface area contributed by atoms with Crippen LogP contribution in [0.5, 0.6) is 0 Å². The Bertz CT molecular complexity index is 366. The minimum Gasteiger partial charge on any atom is -0.480 e. The molecule has 2 aliphatic rings. The summed E-state index contributed by atoms with van der Waals surface area (Å²) in [6, 6.07) is -0.749. The first-order chi connectivity index (χ1) is 9.04. The molecule has 2 fully saturated rings. The summed E-state index contributed by atoms with van der Waals surface area (Å²) in [4.78, 5) is 25.6. The fraction of sp³-hybridized carbons (Fsp3) is 0.846. The van der Waals surface area contributed by atoms with E-state index < -0.39 is 17.4 Å². The highest BCUT2D eigenvalue weighted by molar-refractivity contribution is 5.88. The predicted octanol–water partition coefficient (Wildman–Crippen LogP) is 0.0766. The number of carboxylic acids is 1. The highest BCUT2D eigenvalue weighted by Crippen LogP contribution is 2.35. The summed E-state index contributed by atoms with van der Waals surface area (Å²) in [5.74, 6) is -0.975. The van der Waals surface area contributed by atoms with Gasteiger partial charge in [0.15, 0.2) is 0 Å². The number of aliphatic carboxylic acids is 1. The maximum Gasteiger partial charge on any atom is 0.326 e. The van der Waals surface area contributed by atoms with Crippen LogP contribution in [0, 0.1) is 5.41 Å². The van der Waals surface area contributed by atoms with Crippen molar-refractivity contribution in [2.24, 2.45) is 5.41 Å². The third kappa shape index (κ3) is 2.47. The van der Waals surface area contributed by atoms with Crippen LogP contribution < -0.4 is 5.32 Å². The first-order valence-electron chi connectivity index (χ1n) is 6.81. The van der Waals surface area contributed by atoms with Crippen molar-refractivity contribution in [2.75, 3.05) is 26.7 Å². The Balaban J connectivity index is 2.18. The van der Waals surface area contributed by atoms with E-state index in [4.69, 9.17) is 4.74 Å². The second-order valence-electron chi connectivity index (χ2n) is 5.47. The number of methoxy groups -OCH3 is 1. The van der Waals surface area contributed by atoms with Crippen molar-refractivity contribution in [2.45, 2.75) is 38.3 Å². The van der Waals surface area contributed by atoms with Crippen LogP contribution in [0.1, 0.15) is 26.2 Å². The first kappa shape index (κ1) is 14.3. The van der Waals surface area contributed by atoms with Crippen molar-refractivity contribution in [3.05, 3.63) is 0 Å². The Morgan fingerprint density at radius 1 is 1.53 bits per heavy atom. The van der Waals surface area contributed by atoms with Crippen LogP contribution >= 0.6 is 0 Å². The molecule has 19 heavy (non-hydrogen) atoms. The molecule has 0 spiro atoms. The lowest BCUT2D eigenvalue weighted by molar-refractivity contribution is -0.152. The molecule has 2 heterocycles. The summed E-state index contributed by atoms with van der Waals surface area (Å²) in [5.41, 5.74) is -0.434. The van der Waals surface area contributed by atoms with Crippen LogP contribution in [0.3, 0.4) is 0 Å². The van der Waals surface area contributed by atoms with Gasteiger partial charge < -0.3 is 20.1 Å². The third-order valence-corrected chi connectivity index (χ3v) is 4.52. The molecule has 0 radical (unpaired) electrons. The molecule has 0 aromatic carbocycles. The fourth-order valence-electron chi connectivity index (χ4n) is 3.11. The van der Waals surface area contributed by atoms with Gasteiger partial charge in [0.1, 0.15) is 6.04 Å². The van der Waals surface area contributed by atoms with E-state index in [1.165, 1.54) is 4.90 Å². The highest BCUT2D eigenvalue weighted by atomic mass is 16.5. The standard InChI is InChI=1S/C13H22N2O4/c1-3-13(4-5-14-8-13)12(18)15-7-9(19-2)6-10(15)11(16)17/h9-10,14H,3-8H2,1-2H3,(H,16,17). The predicted molar refractivity (Wildman–Crippen MR) is 68.8 cm³/mol. The normalized spacial score (nSPS) is 34.7. The van der Waals surface area contributed by atoms with E-state index in [0.717, 1.165) is 19.4 Å². The van der Waals surface area contributed by atoms with Crippen LogP contribution in [0.15, 0.2) is 0 Å². The lowest BCUT2D eigenvalue weighted by atomic mass is 9.82. The van der Waals surface area contributed by atoms with Crippen molar-refractivity contribution in [3.63, 3.8) is 0 Å². The molecule has 2 aliphatic heterocycles. The SMILES string of the molecule is CCC1(C(=O)N2CC(OC)CC2C(=O)O)CCNC1. The molecule has 0 aromatic heterocycles. The summed E-state index contributed by atoms with van der Waals surface area (Å²) in [7, 11) is 1.56. The van der Waals surface area contributed by atoms with E-state index in [1.54, 1.807) is 7.11 Å². The van der Waals surface area contributed by atoms with Gasteiger partial charge in [0.25, 0.3) is 0 Å². The van der Waals surface area contributed by atoms with Crippen LogP contribution in [0.25, 0.3) is 0 Å². The number of nitrogens with zero attached hydrogens (tertiary/aromatic N) is 1. The molecule has 108 valence electrons. The van der Waals surface area contributed by atoms with Gasteiger partial charge in [-0.3, -0.25) is 4.79 Å². The largest absolute Gasteiger partial charge is 0.480 e. The number of carboxylic acid groups (broad SMARTS) is 1. The molecule has 2 rings (SSSR count). The average Bonchev–Trinajstić information content (AvgIpc) is 3.05. The van der Waals surface area contributed by atoms with Gasteiger partial charge in [0.2, 0.25) is 5.91 Å². The Hall–Kier alpha value is -1.14. The maximum atomic E-state index is 12.7. The quantitative estimate of drug-likeness (QED) is 0.756. The zero-order valence-corrected chi connectivity index (χ0v) is 11.5. The van der Waals surface area contributed by atoms with Gasteiger partial charge in [0.05, 0.1) is 11.5 Å². The van der Waals surface area contributed by atoms with Gasteiger partial charge in [-0.05, 0) is 19.4 Å². The zero-order valence-electron chi connectivity index (χ0n) is 11.5. The molecule has 6 heteroatoms. The van der Waals surface area contributed by atoms with Crippen LogP contribution in [-0.2, 0) is 14.3 Å². The summed E-state index contributed by atoms with van der Waals surface area (Å²) in [6.07, 6.45) is 1.72. The molecule has 0 aromatic rings. The van der Waals surface area contributed by atoms with E-state index in [-0.39, 0.29) is 12.0 Å². The monoisotopic (exact) mass is 270 g/mol. The van der Waals surface area contributed by atoms with Crippen LogP contribution in [0.2, 0.25) is 0 Å². The van der Waals surface area contributed by atoms with Gasteiger partial charge >= 0.3 is 5.97 Å². The fourth-order valence-corrected chi connectivity index (χ4v) is 3.11. The summed E-state index contributed by atoms with van der Waals surface area (Å²) >= 11 is 0. The second kappa shape index (κ2) is 5.46. The molecule has 0 bridgehead atoms. The maximum absolute atomic E-state index is 12.7. The van der Waals surface area contributed by atoms with E-state index in [9.17, 15) is 14.7 Å². The van der Waals surface area contributed by atoms with Gasteiger partial charge in [-0.2, -0.15) is 0 Å². The topological polar surface area (TPSA) is 78.9 Å². The number of nitrogens with one attached hydrogen (secondary N) is 1. The molecule has 3 unspecified atom stereocenters. The lowest BCUT2D eigenvalue weighted by Gasteiger charge is -2.32. The van der Waals surface area contributed by atoms with Gasteiger partial charge in [0, 0.05) is 26.6 Å². The van der Waals surface area contributed by atoms with Crippen molar-refractivity contribution >= 4 is 11.9 Å². The van der Waals surface area contributed by atoms with Gasteiger partial charge in [-0.1, -0.05) is 6.92 Å². The number of rotatable bonds is 4. The lowest BCUT2D eigenvalue weighted by Crippen LogP contribution is -2.49. The van der Waals surface area contributed by atoms with E-state index in [2.05, 4.69) is 5.32 Å². The summed E-state index contributed by atoms with van der Waals surface area (Å²) in [5, 5.41) is 12.5. The molecule has 0 saturated carbocycles. The molecule has 0 aliphatic carbocycles. The van der Waals surface area contributed by atoms with Crippen molar-refractivity contribution in [1.29, 1.82) is 0 Å². The number of hydrogen-bond donors (Lipinski definition) is 2. The Labute approximate surface area is 113 Å².